The van der Waals surface area contributed by atoms with Gasteiger partial charge in [0, 0.05) is 15.3 Å². The zero-order chi connectivity index (χ0) is 14.8. The van der Waals surface area contributed by atoms with Crippen LogP contribution in [0.15, 0.2) is 58.3 Å². The summed E-state index contributed by atoms with van der Waals surface area (Å²) in [6.07, 6.45) is 0. The topological polar surface area (TPSA) is 63.1 Å². The van der Waals surface area contributed by atoms with Crippen molar-refractivity contribution in [3.8, 4) is 0 Å². The van der Waals surface area contributed by atoms with E-state index >= 15 is 0 Å². The number of carboxylic acid groups (broad SMARTS) is 1. The van der Waals surface area contributed by atoms with Gasteiger partial charge in [0.05, 0.1) is 10.4 Å². The number of halogens is 1. The lowest BCUT2D eigenvalue weighted by Crippen LogP contribution is -2.05. The van der Waals surface area contributed by atoms with Gasteiger partial charge in [0.1, 0.15) is 0 Å². The third-order valence-corrected chi connectivity index (χ3v) is 4.23. The molecule has 0 spiro atoms. The molecular formula is C15H9ClN2O2S. The van der Waals surface area contributed by atoms with Gasteiger partial charge in [-0.2, -0.15) is 0 Å². The third-order valence-electron chi connectivity index (χ3n) is 2.86. The van der Waals surface area contributed by atoms with Gasteiger partial charge in [-0.1, -0.05) is 41.6 Å². The van der Waals surface area contributed by atoms with E-state index in [-0.39, 0.29) is 5.69 Å². The molecule has 0 atom stereocenters. The Morgan fingerprint density at radius 2 is 1.76 bits per heavy atom. The summed E-state index contributed by atoms with van der Waals surface area (Å²) in [6.45, 7) is 0. The predicted octanol–water partition coefficient (Wildman–Crippen LogP) is 4.13. The minimum Gasteiger partial charge on any atom is -0.476 e. The molecule has 1 N–H and O–H groups in total. The Labute approximate surface area is 129 Å². The first-order chi connectivity index (χ1) is 10.1. The summed E-state index contributed by atoms with van der Waals surface area (Å²) >= 11 is 7.20. The first-order valence-corrected chi connectivity index (χ1v) is 7.27. The molecular weight excluding hydrogens is 308 g/mol. The van der Waals surface area contributed by atoms with E-state index in [1.807, 2.05) is 30.3 Å². The van der Waals surface area contributed by atoms with Crippen LogP contribution in [0.1, 0.15) is 10.5 Å². The number of carbonyl (C=O) groups is 1. The molecule has 1 aromatic heterocycles. The van der Waals surface area contributed by atoms with E-state index in [4.69, 9.17) is 11.6 Å². The highest BCUT2D eigenvalue weighted by Gasteiger charge is 2.17. The Hall–Kier alpha value is -2.11. The molecule has 0 aliphatic rings. The third kappa shape index (κ3) is 2.84. The Bertz CT molecular complexity index is 822. The Morgan fingerprint density at radius 1 is 1.05 bits per heavy atom. The molecule has 3 rings (SSSR count). The van der Waals surface area contributed by atoms with Crippen LogP contribution in [0.4, 0.5) is 0 Å². The molecule has 0 aliphatic heterocycles. The summed E-state index contributed by atoms with van der Waals surface area (Å²) in [5.74, 6) is -1.09. The zero-order valence-corrected chi connectivity index (χ0v) is 12.2. The second-order valence-corrected chi connectivity index (χ2v) is 5.78. The van der Waals surface area contributed by atoms with Gasteiger partial charge >= 0.3 is 5.97 Å². The lowest BCUT2D eigenvalue weighted by atomic mass is 10.2. The summed E-state index contributed by atoms with van der Waals surface area (Å²) in [6, 6.07) is 14.5. The van der Waals surface area contributed by atoms with Crippen LogP contribution in [0.3, 0.4) is 0 Å². The van der Waals surface area contributed by atoms with Crippen LogP contribution in [-0.4, -0.2) is 21.3 Å². The number of benzene rings is 2. The standard InChI is InChI=1S/C15H9ClN2O2S/c16-9-5-7-10(8-6-9)21-14-11-3-1-2-4-12(11)17-18-13(14)15(19)20/h1-8H,(H,19,20). The summed E-state index contributed by atoms with van der Waals surface area (Å²) in [7, 11) is 0. The second-order valence-electron chi connectivity index (χ2n) is 4.26. The van der Waals surface area contributed by atoms with Crippen LogP contribution in [0.2, 0.25) is 5.02 Å². The van der Waals surface area contributed by atoms with Crippen molar-refractivity contribution in [3.63, 3.8) is 0 Å². The van der Waals surface area contributed by atoms with Crippen LogP contribution in [0.25, 0.3) is 10.9 Å². The maximum absolute atomic E-state index is 11.4. The molecule has 21 heavy (non-hydrogen) atoms. The van der Waals surface area contributed by atoms with Gasteiger partial charge in [-0.05, 0) is 30.3 Å². The van der Waals surface area contributed by atoms with Crippen molar-refractivity contribution < 1.29 is 9.90 Å². The van der Waals surface area contributed by atoms with Crippen molar-refractivity contribution in [1.82, 2.24) is 10.2 Å². The molecule has 1 heterocycles. The molecule has 4 nitrogen and oxygen atoms in total. The summed E-state index contributed by atoms with van der Waals surface area (Å²) in [4.78, 5) is 12.8. The Balaban J connectivity index is 2.16. The van der Waals surface area contributed by atoms with Crippen LogP contribution >= 0.6 is 23.4 Å². The highest BCUT2D eigenvalue weighted by Crippen LogP contribution is 2.35. The molecule has 0 bridgehead atoms. The van der Waals surface area contributed by atoms with Gasteiger partial charge in [-0.3, -0.25) is 0 Å². The summed E-state index contributed by atoms with van der Waals surface area (Å²) in [5.41, 5.74) is 0.618. The van der Waals surface area contributed by atoms with E-state index in [2.05, 4.69) is 10.2 Å². The molecule has 0 aliphatic carbocycles. The van der Waals surface area contributed by atoms with Gasteiger partial charge in [0.25, 0.3) is 0 Å². The van der Waals surface area contributed by atoms with E-state index in [0.29, 0.717) is 15.4 Å². The van der Waals surface area contributed by atoms with Crippen LogP contribution in [0.5, 0.6) is 0 Å². The normalized spacial score (nSPS) is 10.7. The molecule has 0 amide bonds. The molecule has 6 heteroatoms. The van der Waals surface area contributed by atoms with E-state index in [9.17, 15) is 9.90 Å². The zero-order valence-electron chi connectivity index (χ0n) is 10.7. The smallest absolute Gasteiger partial charge is 0.357 e. The molecule has 0 unspecified atom stereocenters. The Morgan fingerprint density at radius 3 is 2.48 bits per heavy atom. The fraction of sp³-hybridized carbons (Fsp3) is 0. The lowest BCUT2D eigenvalue weighted by molar-refractivity contribution is 0.0685. The highest BCUT2D eigenvalue weighted by atomic mass is 35.5. The fourth-order valence-electron chi connectivity index (χ4n) is 1.89. The van der Waals surface area contributed by atoms with Crippen LogP contribution in [-0.2, 0) is 0 Å². The number of carboxylic acids is 1. The SMILES string of the molecule is O=C(O)c1nnc2ccccc2c1Sc1ccc(Cl)cc1. The predicted molar refractivity (Wildman–Crippen MR) is 82.1 cm³/mol. The largest absolute Gasteiger partial charge is 0.476 e. The fourth-order valence-corrected chi connectivity index (χ4v) is 3.03. The van der Waals surface area contributed by atoms with Crippen molar-refractivity contribution >= 4 is 40.2 Å². The average molecular weight is 317 g/mol. The number of aromatic nitrogens is 2. The number of hydrogen-bond acceptors (Lipinski definition) is 4. The van der Waals surface area contributed by atoms with Crippen molar-refractivity contribution in [1.29, 1.82) is 0 Å². The quantitative estimate of drug-likeness (QED) is 0.787. The van der Waals surface area contributed by atoms with E-state index in [0.717, 1.165) is 10.3 Å². The first kappa shape index (κ1) is 13.9. The molecule has 3 aromatic rings. The van der Waals surface area contributed by atoms with Crippen molar-refractivity contribution in [3.05, 3.63) is 59.2 Å². The van der Waals surface area contributed by atoms with Gasteiger partial charge in [-0.25, -0.2) is 4.79 Å². The lowest BCUT2D eigenvalue weighted by Gasteiger charge is -2.08. The number of rotatable bonds is 3. The van der Waals surface area contributed by atoms with E-state index in [1.165, 1.54) is 11.8 Å². The molecule has 0 saturated carbocycles. The molecule has 2 aromatic carbocycles. The number of aromatic carboxylic acids is 1. The van der Waals surface area contributed by atoms with E-state index < -0.39 is 5.97 Å². The van der Waals surface area contributed by atoms with Crippen molar-refractivity contribution in [2.24, 2.45) is 0 Å². The average Bonchev–Trinajstić information content (AvgIpc) is 2.49. The maximum Gasteiger partial charge on any atom is 0.357 e. The maximum atomic E-state index is 11.4. The van der Waals surface area contributed by atoms with Gasteiger partial charge in [0.2, 0.25) is 0 Å². The number of hydrogen-bond donors (Lipinski definition) is 1. The number of fused-ring (bicyclic) bond motifs is 1. The van der Waals surface area contributed by atoms with Crippen molar-refractivity contribution in [2.75, 3.05) is 0 Å². The monoisotopic (exact) mass is 316 g/mol. The minimum absolute atomic E-state index is 0.0475. The second kappa shape index (κ2) is 5.71. The van der Waals surface area contributed by atoms with E-state index in [1.54, 1.807) is 18.2 Å². The van der Waals surface area contributed by atoms with Gasteiger partial charge in [-0.15, -0.1) is 10.2 Å². The summed E-state index contributed by atoms with van der Waals surface area (Å²) < 4.78 is 0. The Kier molecular flexibility index (Phi) is 3.77. The molecule has 0 fully saturated rings. The molecule has 104 valence electrons. The molecule has 0 saturated heterocycles. The van der Waals surface area contributed by atoms with Crippen LogP contribution in [0, 0.1) is 0 Å². The van der Waals surface area contributed by atoms with Crippen LogP contribution < -0.4 is 0 Å². The van der Waals surface area contributed by atoms with Crippen molar-refractivity contribution in [2.45, 2.75) is 9.79 Å². The summed E-state index contributed by atoms with van der Waals surface area (Å²) in [5, 5.41) is 18.5. The van der Waals surface area contributed by atoms with Gasteiger partial charge < -0.3 is 5.11 Å². The first-order valence-electron chi connectivity index (χ1n) is 6.07. The number of nitrogens with zero attached hydrogens (tertiary/aromatic N) is 2. The highest BCUT2D eigenvalue weighted by molar-refractivity contribution is 7.99. The molecule has 0 radical (unpaired) electrons. The van der Waals surface area contributed by atoms with Gasteiger partial charge in [0.15, 0.2) is 5.69 Å². The minimum atomic E-state index is -1.09.